The number of nitrogens with zero attached hydrogens (tertiary/aromatic N) is 2. The van der Waals surface area contributed by atoms with Crippen LogP contribution in [-0.2, 0) is 4.79 Å². The van der Waals surface area contributed by atoms with Crippen molar-refractivity contribution in [3.63, 3.8) is 0 Å². The number of rotatable bonds is 3. The maximum absolute atomic E-state index is 14.7. The minimum atomic E-state index is -0.671. The van der Waals surface area contributed by atoms with Crippen LogP contribution < -0.4 is 0 Å². The van der Waals surface area contributed by atoms with E-state index in [0.717, 1.165) is 12.1 Å². The van der Waals surface area contributed by atoms with Gasteiger partial charge in [-0.25, -0.2) is 10.0 Å². The summed E-state index contributed by atoms with van der Waals surface area (Å²) in [6.45, 7) is 9.99. The van der Waals surface area contributed by atoms with Crippen LogP contribution in [0.4, 0.5) is 0 Å². The first-order chi connectivity index (χ1) is 16.4. The van der Waals surface area contributed by atoms with Crippen molar-refractivity contribution in [2.24, 2.45) is 5.41 Å². The average molecular weight is 449 g/mol. The zero-order valence-electron chi connectivity index (χ0n) is 20.4. The van der Waals surface area contributed by atoms with Gasteiger partial charge in [0.2, 0.25) is 0 Å². The third kappa shape index (κ3) is 2.80. The van der Waals surface area contributed by atoms with Crippen LogP contribution in [0.5, 0.6) is 0 Å². The van der Waals surface area contributed by atoms with E-state index in [1.807, 2.05) is 6.07 Å². The minimum Gasteiger partial charge on any atom is -0.296 e. The van der Waals surface area contributed by atoms with Crippen LogP contribution in [-0.4, -0.2) is 33.9 Å². The molecule has 34 heavy (non-hydrogen) atoms. The molecule has 4 atom stereocenters. The fourth-order valence-corrected chi connectivity index (χ4v) is 6.88. The van der Waals surface area contributed by atoms with E-state index in [4.69, 9.17) is 0 Å². The first kappa shape index (κ1) is 21.5. The number of hydrazine groups is 1. The summed E-state index contributed by atoms with van der Waals surface area (Å²) in [6.07, 6.45) is 0. The maximum Gasteiger partial charge on any atom is 0.167 e. The molecular weight excluding hydrogens is 416 g/mol. The van der Waals surface area contributed by atoms with Crippen molar-refractivity contribution in [1.29, 1.82) is 0 Å². The average Bonchev–Trinajstić information content (AvgIpc) is 3.28. The van der Waals surface area contributed by atoms with E-state index < -0.39 is 5.54 Å². The van der Waals surface area contributed by atoms with Crippen molar-refractivity contribution in [2.45, 2.75) is 51.2 Å². The van der Waals surface area contributed by atoms with Gasteiger partial charge >= 0.3 is 0 Å². The summed E-state index contributed by atoms with van der Waals surface area (Å²) in [5, 5.41) is 5.00. The van der Waals surface area contributed by atoms with Crippen LogP contribution in [0.3, 0.4) is 0 Å². The maximum atomic E-state index is 14.7. The van der Waals surface area contributed by atoms with Gasteiger partial charge < -0.3 is 0 Å². The highest BCUT2D eigenvalue weighted by atomic mass is 16.1. The molecule has 0 radical (unpaired) electrons. The Kier molecular flexibility index (Phi) is 4.74. The molecule has 0 spiro atoms. The number of hydrogen-bond donors (Lipinski definition) is 0. The van der Waals surface area contributed by atoms with E-state index in [1.165, 1.54) is 22.3 Å². The molecule has 3 heteroatoms. The summed E-state index contributed by atoms with van der Waals surface area (Å²) in [7, 11) is 0. The highest BCUT2D eigenvalue weighted by Crippen LogP contribution is 2.61. The van der Waals surface area contributed by atoms with Crippen LogP contribution in [0.2, 0.25) is 0 Å². The molecule has 0 amide bonds. The van der Waals surface area contributed by atoms with Gasteiger partial charge in [-0.05, 0) is 47.1 Å². The zero-order chi connectivity index (χ0) is 23.7. The molecule has 0 N–H and O–H groups in total. The number of carbonyl (C=O) groups is 1. The lowest BCUT2D eigenvalue weighted by Gasteiger charge is -2.52. The van der Waals surface area contributed by atoms with Crippen molar-refractivity contribution >= 4 is 11.4 Å². The van der Waals surface area contributed by atoms with Gasteiger partial charge in [-0.3, -0.25) is 4.79 Å². The van der Waals surface area contributed by atoms with E-state index in [2.05, 4.69) is 123 Å². The number of ketones is 1. The van der Waals surface area contributed by atoms with Gasteiger partial charge in [-0.1, -0.05) is 105 Å². The van der Waals surface area contributed by atoms with Gasteiger partial charge in [-0.15, -0.1) is 0 Å². The lowest BCUT2D eigenvalue weighted by Crippen LogP contribution is -2.64. The molecule has 3 aromatic rings. The molecule has 0 aliphatic carbocycles. The fourth-order valence-electron chi connectivity index (χ4n) is 6.88. The standard InChI is InChI=1S/C31H32N2O/c1-21-25(22-14-8-5-9-15-22)28-30(2,3)20-32-27(24-18-12-7-13-19-24)26(23-16-10-6-11-17-23)29(34)31(21,4)33(28)32/h5-19,26-28H,20H2,1-4H3/t26-,27-,28+,31-/m1/s1. The summed E-state index contributed by atoms with van der Waals surface area (Å²) in [6, 6.07) is 31.8. The van der Waals surface area contributed by atoms with Crippen LogP contribution >= 0.6 is 0 Å². The van der Waals surface area contributed by atoms with Gasteiger partial charge in [0.15, 0.2) is 5.78 Å². The molecule has 2 fully saturated rings. The predicted molar refractivity (Wildman–Crippen MR) is 137 cm³/mol. The molecule has 0 unspecified atom stereocenters. The minimum absolute atomic E-state index is 0.0108. The summed E-state index contributed by atoms with van der Waals surface area (Å²) in [4.78, 5) is 14.7. The van der Waals surface area contributed by atoms with Crippen molar-refractivity contribution in [3.05, 3.63) is 113 Å². The van der Waals surface area contributed by atoms with E-state index in [1.54, 1.807) is 0 Å². The quantitative estimate of drug-likeness (QED) is 0.472. The van der Waals surface area contributed by atoms with Crippen LogP contribution in [0.1, 0.15) is 56.3 Å². The molecule has 6 rings (SSSR count). The third-order valence-corrected chi connectivity index (χ3v) is 8.48. The highest BCUT2D eigenvalue weighted by molar-refractivity contribution is 6.02. The van der Waals surface area contributed by atoms with Crippen LogP contribution in [0, 0.1) is 5.41 Å². The monoisotopic (exact) mass is 448 g/mol. The molecule has 3 aromatic carbocycles. The first-order valence-corrected chi connectivity index (χ1v) is 12.3. The van der Waals surface area contributed by atoms with E-state index in [-0.39, 0.29) is 23.4 Å². The summed E-state index contributed by atoms with van der Waals surface area (Å²) >= 11 is 0. The lowest BCUT2D eigenvalue weighted by molar-refractivity contribution is -0.164. The zero-order valence-corrected chi connectivity index (χ0v) is 20.4. The largest absolute Gasteiger partial charge is 0.296 e. The third-order valence-electron chi connectivity index (χ3n) is 8.48. The molecule has 2 saturated heterocycles. The highest BCUT2D eigenvalue weighted by Gasteiger charge is 2.68. The van der Waals surface area contributed by atoms with Crippen LogP contribution in [0.25, 0.3) is 5.57 Å². The number of carbonyl (C=O) groups excluding carboxylic acids is 1. The molecule has 3 heterocycles. The summed E-state index contributed by atoms with van der Waals surface area (Å²) in [5.41, 5.74) is 5.37. The molecule has 172 valence electrons. The second-order valence-electron chi connectivity index (χ2n) is 10.9. The van der Waals surface area contributed by atoms with E-state index in [0.29, 0.717) is 5.78 Å². The Hall–Kier alpha value is -3.01. The van der Waals surface area contributed by atoms with Gasteiger partial charge in [0, 0.05) is 6.54 Å². The molecule has 0 saturated carbocycles. The van der Waals surface area contributed by atoms with Gasteiger partial charge in [0.05, 0.1) is 18.0 Å². The van der Waals surface area contributed by atoms with Crippen molar-refractivity contribution in [3.8, 4) is 0 Å². The molecule has 0 aromatic heterocycles. The van der Waals surface area contributed by atoms with E-state index >= 15 is 0 Å². The lowest BCUT2D eigenvalue weighted by atomic mass is 9.71. The van der Waals surface area contributed by atoms with E-state index in [9.17, 15) is 4.79 Å². The van der Waals surface area contributed by atoms with Gasteiger partial charge in [0.25, 0.3) is 0 Å². The normalized spacial score (nSPS) is 30.6. The molecule has 3 aliphatic rings. The first-order valence-electron chi connectivity index (χ1n) is 12.3. The number of hydrogen-bond acceptors (Lipinski definition) is 3. The number of Topliss-reactive ketones (excluding diaryl/α,β-unsaturated/α-hetero) is 1. The second kappa shape index (κ2) is 7.49. The Morgan fingerprint density at radius 1 is 0.765 bits per heavy atom. The molecule has 3 nitrogen and oxygen atoms in total. The summed E-state index contributed by atoms with van der Waals surface area (Å²) < 4.78 is 0. The fraction of sp³-hybridized carbons (Fsp3) is 0.323. The van der Waals surface area contributed by atoms with Crippen molar-refractivity contribution in [1.82, 2.24) is 10.0 Å². The SMILES string of the molecule is CC1=C(c2ccccc2)[C@@H]2N3N(CC2(C)C)[C@H](c2ccccc2)[C@@H](c2ccccc2)C(=O)[C@@]13C. The predicted octanol–water partition coefficient (Wildman–Crippen LogP) is 6.27. The Bertz CT molecular complexity index is 1260. The second-order valence-corrected chi connectivity index (χ2v) is 10.9. The van der Waals surface area contributed by atoms with Crippen LogP contribution in [0.15, 0.2) is 96.6 Å². The van der Waals surface area contributed by atoms with Gasteiger partial charge in [0.1, 0.15) is 5.54 Å². The number of benzene rings is 3. The van der Waals surface area contributed by atoms with Gasteiger partial charge in [-0.2, -0.15) is 0 Å². The topological polar surface area (TPSA) is 23.6 Å². The Balaban J connectivity index is 1.62. The molecular formula is C31H32N2O. The van der Waals surface area contributed by atoms with Crippen molar-refractivity contribution in [2.75, 3.05) is 6.54 Å². The summed E-state index contributed by atoms with van der Waals surface area (Å²) in [5.74, 6) is 0.0689. The Morgan fingerprint density at radius 3 is 1.88 bits per heavy atom. The Labute approximate surface area is 202 Å². The smallest absolute Gasteiger partial charge is 0.167 e. The molecule has 3 aliphatic heterocycles. The Morgan fingerprint density at radius 2 is 1.29 bits per heavy atom. The molecule has 0 bridgehead atoms. The van der Waals surface area contributed by atoms with Crippen molar-refractivity contribution < 1.29 is 4.79 Å².